The zero-order valence-electron chi connectivity index (χ0n) is 15.7. The van der Waals surface area contributed by atoms with Gasteiger partial charge in [0.2, 0.25) is 5.91 Å². The summed E-state index contributed by atoms with van der Waals surface area (Å²) in [6.07, 6.45) is 2.91. The van der Waals surface area contributed by atoms with E-state index in [2.05, 4.69) is 10.3 Å². The van der Waals surface area contributed by atoms with Crippen LogP contribution >= 0.6 is 11.3 Å². The number of aromatic nitrogens is 1. The Hall–Kier alpha value is -3.98. The molecule has 2 heterocycles. The minimum atomic E-state index is -0.473. The van der Waals surface area contributed by atoms with Crippen LogP contribution in [0.5, 0.6) is 5.75 Å². The fourth-order valence-corrected chi connectivity index (χ4v) is 3.45. The maximum Gasteiger partial charge on any atom is 0.269 e. The van der Waals surface area contributed by atoms with Crippen molar-refractivity contribution in [1.29, 1.82) is 0 Å². The van der Waals surface area contributed by atoms with Crippen LogP contribution in [0.25, 0.3) is 28.5 Å². The van der Waals surface area contributed by atoms with Gasteiger partial charge >= 0.3 is 0 Å². The molecular formula is C21H15N3O5S. The smallest absolute Gasteiger partial charge is 0.269 e. The first-order valence-corrected chi connectivity index (χ1v) is 9.67. The molecule has 150 valence electrons. The van der Waals surface area contributed by atoms with E-state index in [1.54, 1.807) is 30.7 Å². The summed E-state index contributed by atoms with van der Waals surface area (Å²) in [6.45, 7) is 0. The molecule has 30 heavy (non-hydrogen) atoms. The van der Waals surface area contributed by atoms with Crippen LogP contribution in [-0.4, -0.2) is 22.9 Å². The Labute approximate surface area is 174 Å². The maximum absolute atomic E-state index is 12.1. The molecular weight excluding hydrogens is 406 g/mol. The number of amides is 1. The molecule has 1 N–H and O–H groups in total. The van der Waals surface area contributed by atoms with E-state index in [9.17, 15) is 14.9 Å². The Morgan fingerprint density at radius 2 is 2.03 bits per heavy atom. The number of furan rings is 1. The molecule has 4 rings (SSSR count). The normalized spacial score (nSPS) is 11.1. The number of ether oxygens (including phenoxy) is 1. The molecule has 0 aliphatic rings. The highest BCUT2D eigenvalue weighted by Crippen LogP contribution is 2.31. The van der Waals surface area contributed by atoms with Gasteiger partial charge in [0.1, 0.15) is 17.0 Å². The molecule has 0 bridgehead atoms. The Morgan fingerprint density at radius 1 is 1.23 bits per heavy atom. The number of nitrogens with one attached hydrogen (secondary N) is 1. The molecule has 0 fully saturated rings. The van der Waals surface area contributed by atoms with Crippen molar-refractivity contribution < 1.29 is 18.9 Å². The average molecular weight is 421 g/mol. The molecule has 0 aliphatic heterocycles. The van der Waals surface area contributed by atoms with Crippen LogP contribution in [0.15, 0.2) is 64.4 Å². The average Bonchev–Trinajstić information content (AvgIpc) is 3.38. The predicted molar refractivity (Wildman–Crippen MR) is 115 cm³/mol. The second-order valence-corrected chi connectivity index (χ2v) is 7.08. The molecule has 0 saturated carbocycles. The Balaban J connectivity index is 1.43. The number of hydrogen-bond acceptors (Lipinski definition) is 7. The Morgan fingerprint density at radius 3 is 2.77 bits per heavy atom. The van der Waals surface area contributed by atoms with E-state index in [0.717, 1.165) is 16.7 Å². The van der Waals surface area contributed by atoms with Crippen molar-refractivity contribution in [3.05, 3.63) is 75.7 Å². The van der Waals surface area contributed by atoms with Gasteiger partial charge in [0, 0.05) is 29.0 Å². The van der Waals surface area contributed by atoms with Crippen molar-refractivity contribution in [3.8, 4) is 17.2 Å². The van der Waals surface area contributed by atoms with Gasteiger partial charge in [0.05, 0.1) is 12.0 Å². The third-order valence-electron chi connectivity index (χ3n) is 4.24. The van der Waals surface area contributed by atoms with Crippen LogP contribution in [0.2, 0.25) is 0 Å². The Kier molecular flexibility index (Phi) is 5.27. The summed E-state index contributed by atoms with van der Waals surface area (Å²) in [4.78, 5) is 26.7. The monoisotopic (exact) mass is 421 g/mol. The number of carbonyl (C=O) groups is 1. The number of benzene rings is 2. The lowest BCUT2D eigenvalue weighted by Gasteiger charge is -1.96. The van der Waals surface area contributed by atoms with E-state index in [0.29, 0.717) is 22.1 Å². The molecule has 2 aromatic carbocycles. The van der Waals surface area contributed by atoms with E-state index < -0.39 is 4.92 Å². The number of fused-ring (bicyclic) bond motifs is 1. The number of nitro benzene ring substituents is 1. The first-order valence-electron chi connectivity index (χ1n) is 8.79. The van der Waals surface area contributed by atoms with Crippen molar-refractivity contribution >= 4 is 45.1 Å². The van der Waals surface area contributed by atoms with Gasteiger partial charge in [-0.15, -0.1) is 11.3 Å². The number of anilines is 1. The molecule has 0 radical (unpaired) electrons. The van der Waals surface area contributed by atoms with Gasteiger partial charge in [-0.25, -0.2) is 4.98 Å². The SMILES string of the molecule is COc1ccc2oc(-c3csc(NC(=O)/C=C\c4ccc([N+](=O)[O-])cc4)n3)cc2c1. The molecule has 8 nitrogen and oxygen atoms in total. The molecule has 4 aromatic rings. The van der Waals surface area contributed by atoms with Gasteiger partial charge in [0.25, 0.3) is 5.69 Å². The molecule has 1 amide bonds. The Bertz CT molecular complexity index is 1260. The number of methoxy groups -OCH3 is 1. The lowest BCUT2D eigenvalue weighted by atomic mass is 10.2. The van der Waals surface area contributed by atoms with Gasteiger partial charge in [-0.2, -0.15) is 0 Å². The molecule has 0 spiro atoms. The zero-order chi connectivity index (χ0) is 21.1. The predicted octanol–water partition coefficient (Wildman–Crippen LogP) is 5.13. The maximum atomic E-state index is 12.1. The lowest BCUT2D eigenvalue weighted by Crippen LogP contribution is -2.07. The van der Waals surface area contributed by atoms with Crippen LogP contribution in [0.4, 0.5) is 10.8 Å². The molecule has 0 aliphatic carbocycles. The molecule has 0 saturated heterocycles. The summed E-state index contributed by atoms with van der Waals surface area (Å²) in [7, 11) is 1.60. The number of rotatable bonds is 6. The highest BCUT2D eigenvalue weighted by molar-refractivity contribution is 7.14. The van der Waals surface area contributed by atoms with Crippen LogP contribution in [0.3, 0.4) is 0 Å². The van der Waals surface area contributed by atoms with Crippen molar-refractivity contribution in [2.45, 2.75) is 0 Å². The summed E-state index contributed by atoms with van der Waals surface area (Å²) >= 11 is 1.28. The number of hydrogen-bond donors (Lipinski definition) is 1. The summed E-state index contributed by atoms with van der Waals surface area (Å²) in [6, 6.07) is 13.3. The van der Waals surface area contributed by atoms with E-state index in [1.165, 1.54) is 29.5 Å². The molecule has 0 atom stereocenters. The fourth-order valence-electron chi connectivity index (χ4n) is 2.75. The van der Waals surface area contributed by atoms with Crippen LogP contribution in [0.1, 0.15) is 5.56 Å². The molecule has 2 aromatic heterocycles. The zero-order valence-corrected chi connectivity index (χ0v) is 16.5. The van der Waals surface area contributed by atoms with Crippen molar-refractivity contribution in [3.63, 3.8) is 0 Å². The second kappa shape index (κ2) is 8.18. The number of thiazole rings is 1. The number of nitro groups is 1. The first kappa shape index (κ1) is 19.3. The van der Waals surface area contributed by atoms with Gasteiger partial charge in [-0.3, -0.25) is 20.2 Å². The van der Waals surface area contributed by atoms with Gasteiger partial charge in [-0.05, 0) is 48.0 Å². The topological polar surface area (TPSA) is 108 Å². The number of nitrogens with zero attached hydrogens (tertiary/aromatic N) is 2. The summed E-state index contributed by atoms with van der Waals surface area (Å²) in [5.74, 6) is 0.973. The molecule has 0 unspecified atom stereocenters. The quantitative estimate of drug-likeness (QED) is 0.263. The third-order valence-corrected chi connectivity index (χ3v) is 5.00. The fraction of sp³-hybridized carbons (Fsp3) is 0.0476. The van der Waals surface area contributed by atoms with Gasteiger partial charge in [-0.1, -0.05) is 0 Å². The minimum absolute atomic E-state index is 0.00375. The first-order chi connectivity index (χ1) is 14.5. The van der Waals surface area contributed by atoms with E-state index >= 15 is 0 Å². The number of carbonyl (C=O) groups excluding carboxylic acids is 1. The van der Waals surface area contributed by atoms with Crippen LogP contribution < -0.4 is 10.1 Å². The number of non-ortho nitro benzene ring substituents is 1. The molecule has 9 heteroatoms. The van der Waals surface area contributed by atoms with Gasteiger partial charge in [0.15, 0.2) is 10.9 Å². The highest BCUT2D eigenvalue weighted by atomic mass is 32.1. The standard InChI is InChI=1S/C21H15N3O5S/c1-28-16-7-8-18-14(10-16)11-19(29-18)17-12-30-21(22-17)23-20(25)9-4-13-2-5-15(6-3-13)24(26)27/h2-12H,1H3,(H,22,23,25)/b9-4-. The highest BCUT2D eigenvalue weighted by Gasteiger charge is 2.12. The summed E-state index contributed by atoms with van der Waals surface area (Å²) in [5, 5.41) is 16.5. The minimum Gasteiger partial charge on any atom is -0.497 e. The van der Waals surface area contributed by atoms with Crippen molar-refractivity contribution in [2.24, 2.45) is 0 Å². The summed E-state index contributed by atoms with van der Waals surface area (Å²) in [5.41, 5.74) is 2.00. The van der Waals surface area contributed by atoms with Crippen molar-refractivity contribution in [2.75, 3.05) is 12.4 Å². The third kappa shape index (κ3) is 4.20. The summed E-state index contributed by atoms with van der Waals surface area (Å²) < 4.78 is 11.0. The van der Waals surface area contributed by atoms with Crippen molar-refractivity contribution in [1.82, 2.24) is 4.98 Å². The van der Waals surface area contributed by atoms with E-state index in [1.807, 2.05) is 24.3 Å². The van der Waals surface area contributed by atoms with E-state index in [-0.39, 0.29) is 11.6 Å². The lowest BCUT2D eigenvalue weighted by molar-refractivity contribution is -0.384. The largest absolute Gasteiger partial charge is 0.497 e. The second-order valence-electron chi connectivity index (χ2n) is 6.22. The van der Waals surface area contributed by atoms with Crippen LogP contribution in [0, 0.1) is 10.1 Å². The van der Waals surface area contributed by atoms with Crippen LogP contribution in [-0.2, 0) is 4.79 Å². The van der Waals surface area contributed by atoms with E-state index in [4.69, 9.17) is 9.15 Å². The van der Waals surface area contributed by atoms with Gasteiger partial charge < -0.3 is 9.15 Å².